The normalized spacial score (nSPS) is 14.2. The molecule has 1 atom stereocenters. The molecule has 2 heterocycles. The van der Waals surface area contributed by atoms with Gasteiger partial charge in [0.25, 0.3) is 0 Å². The molecule has 63 heavy (non-hydrogen) atoms. The van der Waals surface area contributed by atoms with E-state index >= 15 is 0 Å². The van der Waals surface area contributed by atoms with E-state index in [2.05, 4.69) is 258 Å². The second kappa shape index (κ2) is 15.3. The van der Waals surface area contributed by atoms with Crippen LogP contribution in [0.15, 0.2) is 254 Å². The van der Waals surface area contributed by atoms with E-state index in [-0.39, 0.29) is 6.04 Å². The van der Waals surface area contributed by atoms with E-state index in [4.69, 9.17) is 0 Å². The number of aromatic nitrogens is 2. The van der Waals surface area contributed by atoms with Gasteiger partial charge in [-0.25, -0.2) is 0 Å². The zero-order chi connectivity index (χ0) is 41.7. The Hall–Kier alpha value is -7.72. The van der Waals surface area contributed by atoms with Gasteiger partial charge in [0.05, 0.1) is 17.1 Å². The molecule has 298 valence electrons. The lowest BCUT2D eigenvalue weighted by atomic mass is 10.0. The van der Waals surface area contributed by atoms with Crippen LogP contribution in [0, 0.1) is 0 Å². The Morgan fingerprint density at radius 1 is 0.365 bits per heavy atom. The topological polar surface area (TPSA) is 9.86 Å². The fourth-order valence-electron chi connectivity index (χ4n) is 10.6. The van der Waals surface area contributed by atoms with Gasteiger partial charge in [0.15, 0.2) is 8.07 Å². The van der Waals surface area contributed by atoms with Crippen molar-refractivity contribution in [3.8, 4) is 27.9 Å². The molecule has 11 aromatic rings. The predicted octanol–water partition coefficient (Wildman–Crippen LogP) is 13.4. The first kappa shape index (κ1) is 37.1. The summed E-state index contributed by atoms with van der Waals surface area (Å²) < 4.78 is 5.03. The molecule has 0 aliphatic heterocycles. The van der Waals surface area contributed by atoms with Crippen molar-refractivity contribution in [3.63, 3.8) is 0 Å². The lowest BCUT2D eigenvalue weighted by Gasteiger charge is -2.37. The zero-order valence-electron chi connectivity index (χ0n) is 34.9. The molecule has 0 fully saturated rings. The molecule has 2 nitrogen and oxygen atoms in total. The van der Waals surface area contributed by atoms with Gasteiger partial charge in [0, 0.05) is 38.3 Å². The smallest absolute Gasteiger partial charge is 0.179 e. The van der Waals surface area contributed by atoms with Crippen LogP contribution in [0.5, 0.6) is 0 Å². The maximum atomic E-state index is 2.61. The molecule has 0 saturated carbocycles. The van der Waals surface area contributed by atoms with Crippen LogP contribution in [-0.4, -0.2) is 17.2 Å². The number of rotatable bonds is 8. The van der Waals surface area contributed by atoms with E-state index < -0.39 is 8.07 Å². The summed E-state index contributed by atoms with van der Waals surface area (Å²) in [6, 6.07) is 85.5. The number of allylic oxidation sites excluding steroid dienone is 4. The molecule has 0 saturated heterocycles. The first-order chi connectivity index (χ1) is 31.3. The Morgan fingerprint density at radius 2 is 0.825 bits per heavy atom. The van der Waals surface area contributed by atoms with Gasteiger partial charge in [0.1, 0.15) is 0 Å². The lowest BCUT2D eigenvalue weighted by Crippen LogP contribution is -2.68. The molecule has 2 aromatic heterocycles. The highest BCUT2D eigenvalue weighted by molar-refractivity contribution is 7.16. The fourth-order valence-corrected chi connectivity index (χ4v) is 15.5. The SMILES string of the molecule is C1=CC([Si](c2ccccc2)(c2ccccc2)c2ccccc2)=CC(n2c3ccccc3c3cc(-c4ccc5c(c4)c4ccccc4n5-c4cccc(-c5ccccc5)c4)ccc32)C1. The van der Waals surface area contributed by atoms with Gasteiger partial charge in [-0.3, -0.25) is 0 Å². The molecule has 0 spiro atoms. The van der Waals surface area contributed by atoms with E-state index in [1.807, 2.05) is 0 Å². The Balaban J connectivity index is 0.997. The maximum Gasteiger partial charge on any atom is 0.179 e. The summed E-state index contributed by atoms with van der Waals surface area (Å²) in [6.07, 6.45) is 8.40. The second-order valence-electron chi connectivity index (χ2n) is 16.8. The average molecular weight is 821 g/mol. The Morgan fingerprint density at radius 3 is 1.46 bits per heavy atom. The summed E-state index contributed by atoms with van der Waals surface area (Å²) in [5.74, 6) is 0. The third-order valence-corrected chi connectivity index (χ3v) is 18.2. The Labute approximate surface area is 369 Å². The number of fused-ring (bicyclic) bond motifs is 6. The van der Waals surface area contributed by atoms with Crippen molar-refractivity contribution in [3.05, 3.63) is 254 Å². The van der Waals surface area contributed by atoms with Crippen LogP contribution < -0.4 is 15.6 Å². The molecule has 1 aliphatic rings. The molecule has 3 heteroatoms. The van der Waals surface area contributed by atoms with Crippen molar-refractivity contribution in [2.45, 2.75) is 12.5 Å². The number of para-hydroxylation sites is 2. The molecular formula is C60H44N2Si. The molecule has 0 radical (unpaired) electrons. The number of nitrogens with zero attached hydrogens (tertiary/aromatic N) is 2. The van der Waals surface area contributed by atoms with Crippen molar-refractivity contribution in [2.75, 3.05) is 0 Å². The quantitative estimate of drug-likeness (QED) is 0.107. The second-order valence-corrected chi connectivity index (χ2v) is 20.6. The minimum Gasteiger partial charge on any atom is -0.333 e. The van der Waals surface area contributed by atoms with Gasteiger partial charge in [-0.2, -0.15) is 0 Å². The summed E-state index contributed by atoms with van der Waals surface area (Å²) in [7, 11) is -2.69. The first-order valence-electron chi connectivity index (χ1n) is 22.0. The predicted molar refractivity (Wildman–Crippen MR) is 270 cm³/mol. The fraction of sp³-hybridized carbons (Fsp3) is 0.0333. The molecule has 9 aromatic carbocycles. The van der Waals surface area contributed by atoms with Crippen molar-refractivity contribution < 1.29 is 0 Å². The van der Waals surface area contributed by atoms with Crippen molar-refractivity contribution in [1.82, 2.24) is 9.13 Å². The van der Waals surface area contributed by atoms with Crippen LogP contribution in [0.3, 0.4) is 0 Å². The summed E-state index contributed by atoms with van der Waals surface area (Å²) in [6.45, 7) is 0. The molecule has 1 unspecified atom stereocenters. The number of hydrogen-bond acceptors (Lipinski definition) is 0. The molecule has 0 N–H and O–H groups in total. The summed E-state index contributed by atoms with van der Waals surface area (Å²) in [5, 5.41) is 10.7. The van der Waals surface area contributed by atoms with Gasteiger partial charge < -0.3 is 9.13 Å². The highest BCUT2D eigenvalue weighted by Gasteiger charge is 2.43. The van der Waals surface area contributed by atoms with Gasteiger partial charge in [-0.15, -0.1) is 0 Å². The van der Waals surface area contributed by atoms with Crippen molar-refractivity contribution in [1.29, 1.82) is 0 Å². The summed E-state index contributed by atoms with van der Waals surface area (Å²) in [4.78, 5) is 0. The Kier molecular flexibility index (Phi) is 9.02. The van der Waals surface area contributed by atoms with Crippen LogP contribution in [0.1, 0.15) is 12.5 Å². The lowest BCUT2D eigenvalue weighted by molar-refractivity contribution is 0.646. The van der Waals surface area contributed by atoms with Crippen LogP contribution in [0.4, 0.5) is 0 Å². The van der Waals surface area contributed by atoms with Crippen LogP contribution in [0.2, 0.25) is 0 Å². The van der Waals surface area contributed by atoms with Crippen LogP contribution in [0.25, 0.3) is 71.6 Å². The van der Waals surface area contributed by atoms with E-state index in [0.717, 1.165) is 12.1 Å². The first-order valence-corrected chi connectivity index (χ1v) is 24.0. The van der Waals surface area contributed by atoms with Crippen molar-refractivity contribution in [2.24, 2.45) is 0 Å². The highest BCUT2D eigenvalue weighted by atomic mass is 28.3. The molecule has 0 amide bonds. The Bertz CT molecular complexity index is 3430. The van der Waals surface area contributed by atoms with Gasteiger partial charge in [-0.05, 0) is 98.0 Å². The maximum absolute atomic E-state index is 2.69. The minimum absolute atomic E-state index is 0.143. The average Bonchev–Trinajstić information content (AvgIpc) is 3.88. The third-order valence-electron chi connectivity index (χ3n) is 13.4. The molecule has 12 rings (SSSR count). The summed E-state index contributed by atoms with van der Waals surface area (Å²) in [5.41, 5.74) is 11.0. The summed E-state index contributed by atoms with van der Waals surface area (Å²) >= 11 is 0. The largest absolute Gasteiger partial charge is 0.333 e. The van der Waals surface area contributed by atoms with E-state index in [1.165, 1.54) is 86.6 Å². The number of hydrogen-bond donors (Lipinski definition) is 0. The molecular weight excluding hydrogens is 777 g/mol. The number of benzene rings is 9. The van der Waals surface area contributed by atoms with E-state index in [1.54, 1.807) is 0 Å². The monoisotopic (exact) mass is 820 g/mol. The van der Waals surface area contributed by atoms with E-state index in [9.17, 15) is 0 Å². The standard InChI is InChI=1S/C60H44N2Si/c1-5-19-43(20-6-1)44-21-17-22-47(39-44)61-57-33-15-13-31-53(57)55-40-45(35-37-59(55)61)46-36-38-60-56(41-46)54-32-14-16-34-58(54)62(60)48-23-18-30-52(42-48)63(49-24-7-2-8-25-49,50-26-9-3-10-27-50)51-28-11-4-12-29-51/h1-22,24-42,48H,23H2. The molecule has 0 bridgehead atoms. The van der Waals surface area contributed by atoms with Gasteiger partial charge >= 0.3 is 0 Å². The van der Waals surface area contributed by atoms with Gasteiger partial charge in [-0.1, -0.05) is 200 Å². The van der Waals surface area contributed by atoms with Gasteiger partial charge in [0.2, 0.25) is 0 Å². The minimum atomic E-state index is -2.69. The van der Waals surface area contributed by atoms with Crippen LogP contribution in [-0.2, 0) is 0 Å². The van der Waals surface area contributed by atoms with E-state index in [0.29, 0.717) is 0 Å². The highest BCUT2D eigenvalue weighted by Crippen LogP contribution is 2.40. The van der Waals surface area contributed by atoms with Crippen LogP contribution >= 0.6 is 0 Å². The van der Waals surface area contributed by atoms with Crippen molar-refractivity contribution >= 4 is 67.2 Å². The zero-order valence-corrected chi connectivity index (χ0v) is 35.9. The third kappa shape index (κ3) is 6.07. The molecule has 1 aliphatic carbocycles.